The summed E-state index contributed by atoms with van der Waals surface area (Å²) < 4.78 is 0. The van der Waals surface area contributed by atoms with Crippen molar-refractivity contribution >= 4 is 23.6 Å². The number of carbonyl (C=O) groups excluding carboxylic acids is 2. The van der Waals surface area contributed by atoms with E-state index in [1.54, 1.807) is 16.7 Å². The van der Waals surface area contributed by atoms with E-state index in [0.29, 0.717) is 25.9 Å². The van der Waals surface area contributed by atoms with Crippen molar-refractivity contribution in [1.29, 1.82) is 0 Å². The summed E-state index contributed by atoms with van der Waals surface area (Å²) in [7, 11) is 1.82. The molecule has 1 N–H and O–H groups in total. The van der Waals surface area contributed by atoms with Crippen molar-refractivity contribution in [2.45, 2.75) is 45.1 Å². The molecule has 1 aromatic rings. The van der Waals surface area contributed by atoms with Crippen LogP contribution in [0.15, 0.2) is 29.2 Å². The van der Waals surface area contributed by atoms with Crippen LogP contribution in [0.25, 0.3) is 0 Å². The number of amides is 2. The van der Waals surface area contributed by atoms with Gasteiger partial charge in [0, 0.05) is 36.9 Å². The van der Waals surface area contributed by atoms with E-state index in [0.717, 1.165) is 5.56 Å². The normalized spacial score (nSPS) is 11.2. The van der Waals surface area contributed by atoms with Crippen LogP contribution in [0.1, 0.15) is 39.2 Å². The third-order valence-electron chi connectivity index (χ3n) is 3.54. The highest BCUT2D eigenvalue weighted by molar-refractivity contribution is 7.98. The zero-order chi connectivity index (χ0) is 17.5. The van der Waals surface area contributed by atoms with Crippen molar-refractivity contribution in [3.8, 4) is 0 Å². The van der Waals surface area contributed by atoms with Crippen LogP contribution in [0.3, 0.4) is 0 Å². The van der Waals surface area contributed by atoms with Crippen molar-refractivity contribution in [2.75, 3.05) is 19.8 Å². The molecule has 0 saturated heterocycles. The first-order valence-corrected chi connectivity index (χ1v) is 9.11. The van der Waals surface area contributed by atoms with E-state index in [1.165, 1.54) is 4.90 Å². The monoisotopic (exact) mass is 336 g/mol. The highest BCUT2D eigenvalue weighted by Gasteiger charge is 2.20. The third-order valence-corrected chi connectivity index (χ3v) is 4.28. The molecule has 0 fully saturated rings. The van der Waals surface area contributed by atoms with Gasteiger partial charge in [-0.25, -0.2) is 0 Å². The first-order chi connectivity index (χ1) is 10.7. The lowest BCUT2D eigenvalue weighted by atomic mass is 9.96. The van der Waals surface area contributed by atoms with Gasteiger partial charge in [0.15, 0.2) is 0 Å². The summed E-state index contributed by atoms with van der Waals surface area (Å²) >= 11 is 1.71. The quantitative estimate of drug-likeness (QED) is 0.614. The van der Waals surface area contributed by atoms with E-state index in [1.807, 2.05) is 34.1 Å². The van der Waals surface area contributed by atoms with Crippen LogP contribution in [-0.2, 0) is 16.1 Å². The summed E-state index contributed by atoms with van der Waals surface area (Å²) in [6.07, 6.45) is 3.16. The maximum atomic E-state index is 12.1. The first-order valence-electron chi connectivity index (χ1n) is 7.89. The van der Waals surface area contributed by atoms with Gasteiger partial charge in [-0.1, -0.05) is 32.9 Å². The maximum absolute atomic E-state index is 12.1. The third kappa shape index (κ3) is 7.08. The van der Waals surface area contributed by atoms with Gasteiger partial charge >= 0.3 is 0 Å². The zero-order valence-electron chi connectivity index (χ0n) is 14.8. The largest absolute Gasteiger partial charge is 0.356 e. The van der Waals surface area contributed by atoms with Gasteiger partial charge in [-0.3, -0.25) is 9.59 Å². The summed E-state index contributed by atoms with van der Waals surface area (Å²) in [5.41, 5.74) is 0.740. The van der Waals surface area contributed by atoms with Crippen molar-refractivity contribution in [3.63, 3.8) is 0 Å². The number of carbonyl (C=O) groups is 2. The number of hydrogen-bond donors (Lipinski definition) is 1. The average molecular weight is 337 g/mol. The summed E-state index contributed by atoms with van der Waals surface area (Å²) in [5.74, 6) is 0.121. The molecule has 0 aliphatic carbocycles. The molecule has 0 bridgehead atoms. The molecule has 4 nitrogen and oxygen atoms in total. The summed E-state index contributed by atoms with van der Waals surface area (Å²) in [6, 6.07) is 8.25. The fourth-order valence-corrected chi connectivity index (χ4v) is 2.40. The lowest BCUT2D eigenvalue weighted by Crippen LogP contribution is -2.35. The number of nitrogens with zero attached hydrogens (tertiary/aromatic N) is 1. The molecule has 0 spiro atoms. The second kappa shape index (κ2) is 8.96. The van der Waals surface area contributed by atoms with Gasteiger partial charge in [0.25, 0.3) is 0 Å². The Morgan fingerprint density at radius 1 is 1.17 bits per heavy atom. The number of hydrogen-bond acceptors (Lipinski definition) is 3. The summed E-state index contributed by atoms with van der Waals surface area (Å²) in [5, 5.41) is 2.87. The molecule has 0 aliphatic heterocycles. The highest BCUT2D eigenvalue weighted by atomic mass is 32.2. The molecule has 1 rings (SSSR count). The molecule has 0 radical (unpaired) electrons. The fourth-order valence-electron chi connectivity index (χ4n) is 1.99. The van der Waals surface area contributed by atoms with Crippen molar-refractivity contribution in [3.05, 3.63) is 29.8 Å². The minimum Gasteiger partial charge on any atom is -0.356 e. The van der Waals surface area contributed by atoms with Crippen LogP contribution in [0, 0.1) is 5.41 Å². The molecule has 2 amide bonds. The zero-order valence-corrected chi connectivity index (χ0v) is 15.6. The van der Waals surface area contributed by atoms with Crippen molar-refractivity contribution in [2.24, 2.45) is 5.41 Å². The van der Waals surface area contributed by atoms with Crippen LogP contribution >= 0.6 is 11.8 Å². The Morgan fingerprint density at radius 3 is 2.30 bits per heavy atom. The molecule has 5 heteroatoms. The second-order valence-electron chi connectivity index (χ2n) is 6.71. The average Bonchev–Trinajstić information content (AvgIpc) is 2.50. The smallest absolute Gasteiger partial charge is 0.225 e. The number of rotatable bonds is 7. The van der Waals surface area contributed by atoms with Crippen LogP contribution in [0.4, 0.5) is 0 Å². The lowest BCUT2D eigenvalue weighted by Gasteiger charge is -2.19. The highest BCUT2D eigenvalue weighted by Crippen LogP contribution is 2.16. The molecule has 23 heavy (non-hydrogen) atoms. The lowest BCUT2D eigenvalue weighted by molar-refractivity contribution is -0.131. The Kier molecular flexibility index (Phi) is 7.62. The molecular weight excluding hydrogens is 308 g/mol. The van der Waals surface area contributed by atoms with E-state index < -0.39 is 0 Å². The van der Waals surface area contributed by atoms with E-state index in [2.05, 4.69) is 29.6 Å². The molecule has 0 saturated carbocycles. The number of thioether (sulfide) groups is 1. The van der Waals surface area contributed by atoms with E-state index in [4.69, 9.17) is 0 Å². The Balaban J connectivity index is 2.32. The summed E-state index contributed by atoms with van der Waals surface area (Å²) in [4.78, 5) is 26.8. The minimum absolute atomic E-state index is 0.0205. The minimum atomic E-state index is -0.385. The van der Waals surface area contributed by atoms with Gasteiger partial charge in [0.2, 0.25) is 11.8 Å². The van der Waals surface area contributed by atoms with Crippen molar-refractivity contribution in [1.82, 2.24) is 10.2 Å². The predicted octanol–water partition coefficient (Wildman–Crippen LogP) is 3.31. The Bertz CT molecular complexity index is 521. The van der Waals surface area contributed by atoms with E-state index >= 15 is 0 Å². The second-order valence-corrected chi connectivity index (χ2v) is 7.59. The first kappa shape index (κ1) is 19.6. The Labute approximate surface area is 144 Å². The van der Waals surface area contributed by atoms with Gasteiger partial charge in [-0.2, -0.15) is 0 Å². The van der Waals surface area contributed by atoms with Gasteiger partial charge in [-0.15, -0.1) is 11.8 Å². The van der Waals surface area contributed by atoms with Gasteiger partial charge in [-0.05, 0) is 30.4 Å². The van der Waals surface area contributed by atoms with Gasteiger partial charge in [0.05, 0.1) is 0 Å². The van der Waals surface area contributed by atoms with Gasteiger partial charge in [0.1, 0.15) is 0 Å². The predicted molar refractivity (Wildman–Crippen MR) is 96.4 cm³/mol. The molecule has 0 aliphatic rings. The standard InChI is InChI=1S/C18H28N2O2S/c1-18(2,3)17(22)19-12-6-7-16(21)20(4)13-14-8-10-15(23-5)11-9-14/h8-11H,6-7,12-13H2,1-5H3,(H,19,22). The van der Waals surface area contributed by atoms with E-state index in [9.17, 15) is 9.59 Å². The molecule has 0 atom stereocenters. The fraction of sp³-hybridized carbons (Fsp3) is 0.556. The molecule has 0 unspecified atom stereocenters. The van der Waals surface area contributed by atoms with Crippen LogP contribution in [0.5, 0.6) is 0 Å². The topological polar surface area (TPSA) is 49.4 Å². The molecule has 0 heterocycles. The number of benzene rings is 1. The Hall–Kier alpha value is -1.49. The van der Waals surface area contributed by atoms with Crippen molar-refractivity contribution < 1.29 is 9.59 Å². The molecular formula is C18H28N2O2S. The van der Waals surface area contributed by atoms with E-state index in [-0.39, 0.29) is 17.2 Å². The molecule has 0 aromatic heterocycles. The molecule has 128 valence electrons. The SMILES string of the molecule is CSc1ccc(CN(C)C(=O)CCCNC(=O)C(C)(C)C)cc1. The Morgan fingerprint density at radius 2 is 1.78 bits per heavy atom. The number of nitrogens with one attached hydrogen (secondary N) is 1. The maximum Gasteiger partial charge on any atom is 0.225 e. The van der Waals surface area contributed by atoms with Crippen LogP contribution in [-0.4, -0.2) is 36.6 Å². The molecule has 1 aromatic carbocycles. The van der Waals surface area contributed by atoms with Gasteiger partial charge < -0.3 is 10.2 Å². The van der Waals surface area contributed by atoms with Crippen LogP contribution in [0.2, 0.25) is 0 Å². The summed E-state index contributed by atoms with van der Waals surface area (Å²) in [6.45, 7) is 6.79. The van der Waals surface area contributed by atoms with Crippen LogP contribution < -0.4 is 5.32 Å².